The van der Waals surface area contributed by atoms with Gasteiger partial charge in [-0.25, -0.2) is 18.6 Å². The van der Waals surface area contributed by atoms with Crippen LogP contribution < -0.4 is 5.32 Å². The molecule has 0 saturated heterocycles. The molecular weight excluding hydrogens is 258 g/mol. The number of ether oxygens (including phenoxy) is 1. The molecule has 2 N–H and O–H groups in total. The number of aryl methyl sites for hydroxylation is 2. The third kappa shape index (κ3) is 4.78. The van der Waals surface area contributed by atoms with Gasteiger partial charge in [-0.2, -0.15) is 0 Å². The highest BCUT2D eigenvalue weighted by Gasteiger charge is 2.15. The van der Waals surface area contributed by atoms with Gasteiger partial charge in [-0.15, -0.1) is 0 Å². The first kappa shape index (κ1) is 15.3. The summed E-state index contributed by atoms with van der Waals surface area (Å²) in [7, 11) is 0. The third-order valence-electron chi connectivity index (χ3n) is 2.34. The van der Waals surface area contributed by atoms with Gasteiger partial charge in [-0.05, 0) is 25.5 Å². The molecule has 0 aliphatic heterocycles. The van der Waals surface area contributed by atoms with Crippen LogP contribution in [0.1, 0.15) is 21.6 Å². The van der Waals surface area contributed by atoms with Gasteiger partial charge in [0.15, 0.2) is 0 Å². The van der Waals surface area contributed by atoms with Gasteiger partial charge in [0.2, 0.25) is 0 Å². The van der Waals surface area contributed by atoms with Crippen molar-refractivity contribution in [3.05, 3.63) is 22.9 Å². The fourth-order valence-corrected chi connectivity index (χ4v) is 1.65. The molecule has 0 radical (unpaired) electrons. The van der Waals surface area contributed by atoms with Crippen LogP contribution in [0, 0.1) is 13.8 Å². The van der Waals surface area contributed by atoms with Crippen molar-refractivity contribution in [2.45, 2.75) is 20.3 Å². The molecule has 0 unspecified atom stereocenters. The van der Waals surface area contributed by atoms with Gasteiger partial charge in [0, 0.05) is 12.2 Å². The van der Waals surface area contributed by atoms with E-state index in [4.69, 9.17) is 5.11 Å². The first-order valence-electron chi connectivity index (χ1n) is 5.73. The first-order chi connectivity index (χ1) is 8.91. The molecule has 1 heterocycles. The molecule has 0 aromatic carbocycles. The summed E-state index contributed by atoms with van der Waals surface area (Å²) >= 11 is 0. The Bertz CT molecular complexity index is 453. The zero-order valence-electron chi connectivity index (χ0n) is 10.7. The SMILES string of the molecule is Cc1cc(C)c(C(=O)O)c(NCCOCC(F)F)n1. The average Bonchev–Trinajstić information content (AvgIpc) is 2.26. The maximum atomic E-state index is 11.8. The Morgan fingerprint density at radius 1 is 1.53 bits per heavy atom. The number of carboxylic acids is 1. The lowest BCUT2D eigenvalue weighted by Gasteiger charge is -2.12. The molecule has 0 aliphatic carbocycles. The van der Waals surface area contributed by atoms with Crippen LogP contribution in [0.15, 0.2) is 6.07 Å². The number of aromatic nitrogens is 1. The van der Waals surface area contributed by atoms with Gasteiger partial charge >= 0.3 is 5.97 Å². The molecule has 1 aromatic heterocycles. The zero-order valence-corrected chi connectivity index (χ0v) is 10.7. The maximum absolute atomic E-state index is 11.8. The van der Waals surface area contributed by atoms with E-state index in [1.807, 2.05) is 0 Å². The number of halogens is 2. The van der Waals surface area contributed by atoms with Crippen molar-refractivity contribution in [2.24, 2.45) is 0 Å². The summed E-state index contributed by atoms with van der Waals surface area (Å²) in [5.41, 5.74) is 1.36. The van der Waals surface area contributed by atoms with Crippen LogP contribution in [0.2, 0.25) is 0 Å². The number of hydrogen-bond acceptors (Lipinski definition) is 4. The lowest BCUT2D eigenvalue weighted by molar-refractivity contribution is 0.0215. The zero-order chi connectivity index (χ0) is 14.4. The monoisotopic (exact) mass is 274 g/mol. The summed E-state index contributed by atoms with van der Waals surface area (Å²) in [6, 6.07) is 1.67. The minimum atomic E-state index is -2.51. The minimum Gasteiger partial charge on any atom is -0.478 e. The van der Waals surface area contributed by atoms with E-state index in [0.717, 1.165) is 0 Å². The van der Waals surface area contributed by atoms with Crippen molar-refractivity contribution in [1.29, 1.82) is 0 Å². The number of nitrogens with zero attached hydrogens (tertiary/aromatic N) is 1. The molecule has 106 valence electrons. The van der Waals surface area contributed by atoms with E-state index in [1.165, 1.54) is 0 Å². The van der Waals surface area contributed by atoms with Crippen LogP contribution >= 0.6 is 0 Å². The van der Waals surface area contributed by atoms with Gasteiger partial charge in [0.25, 0.3) is 6.43 Å². The molecule has 0 atom stereocenters. The van der Waals surface area contributed by atoms with E-state index in [2.05, 4.69) is 15.0 Å². The molecule has 0 aliphatic rings. The molecule has 7 heteroatoms. The molecule has 0 spiro atoms. The van der Waals surface area contributed by atoms with Crippen LogP contribution in [0.3, 0.4) is 0 Å². The Hall–Kier alpha value is -1.76. The molecule has 5 nitrogen and oxygen atoms in total. The smallest absolute Gasteiger partial charge is 0.339 e. The lowest BCUT2D eigenvalue weighted by atomic mass is 10.1. The quantitative estimate of drug-likeness (QED) is 0.745. The Balaban J connectivity index is 2.64. The highest BCUT2D eigenvalue weighted by atomic mass is 19.3. The number of nitrogens with one attached hydrogen (secondary N) is 1. The summed E-state index contributed by atoms with van der Waals surface area (Å²) in [6.45, 7) is 3.06. The molecule has 1 rings (SSSR count). The highest BCUT2D eigenvalue weighted by molar-refractivity contribution is 5.94. The normalized spacial score (nSPS) is 10.8. The minimum absolute atomic E-state index is 0.0536. The van der Waals surface area contributed by atoms with E-state index >= 15 is 0 Å². The second-order valence-corrected chi connectivity index (χ2v) is 4.00. The molecule has 0 amide bonds. The number of rotatable bonds is 7. The number of anilines is 1. The summed E-state index contributed by atoms with van der Waals surface area (Å²) < 4.78 is 28.3. The Morgan fingerprint density at radius 2 is 2.21 bits per heavy atom. The van der Waals surface area contributed by atoms with Gasteiger partial charge in [0.05, 0.1) is 6.61 Å². The number of aromatic carboxylic acids is 1. The third-order valence-corrected chi connectivity index (χ3v) is 2.34. The average molecular weight is 274 g/mol. The van der Waals surface area contributed by atoms with Crippen LogP contribution in [0.25, 0.3) is 0 Å². The molecule has 0 bridgehead atoms. The first-order valence-corrected chi connectivity index (χ1v) is 5.73. The Kier molecular flexibility index (Phi) is 5.62. The number of carbonyl (C=O) groups is 1. The summed E-state index contributed by atoms with van der Waals surface area (Å²) in [6.07, 6.45) is -2.51. The van der Waals surface area contributed by atoms with Crippen LogP contribution in [-0.2, 0) is 4.74 Å². The largest absolute Gasteiger partial charge is 0.478 e. The highest BCUT2D eigenvalue weighted by Crippen LogP contribution is 2.18. The van der Waals surface area contributed by atoms with E-state index in [0.29, 0.717) is 11.3 Å². The fraction of sp³-hybridized carbons (Fsp3) is 0.500. The number of carboxylic acid groups (broad SMARTS) is 1. The van der Waals surface area contributed by atoms with E-state index in [-0.39, 0.29) is 24.5 Å². The van der Waals surface area contributed by atoms with Gasteiger partial charge in [0.1, 0.15) is 18.0 Å². The van der Waals surface area contributed by atoms with Crippen molar-refractivity contribution in [2.75, 3.05) is 25.1 Å². The van der Waals surface area contributed by atoms with Crippen LogP contribution in [0.4, 0.5) is 14.6 Å². The predicted molar refractivity (Wildman–Crippen MR) is 66.0 cm³/mol. The van der Waals surface area contributed by atoms with E-state index < -0.39 is 19.0 Å². The number of pyridine rings is 1. The standard InChI is InChI=1S/C12H16F2N2O3/c1-7-5-8(2)16-11(10(7)12(17)18)15-3-4-19-6-9(13)14/h5,9H,3-4,6H2,1-2H3,(H,15,16)(H,17,18). The molecule has 19 heavy (non-hydrogen) atoms. The molecular formula is C12H16F2N2O3. The summed E-state index contributed by atoms with van der Waals surface area (Å²) in [5, 5.41) is 11.9. The van der Waals surface area contributed by atoms with Gasteiger partial charge in [-0.1, -0.05) is 0 Å². The fourth-order valence-electron chi connectivity index (χ4n) is 1.65. The second kappa shape index (κ2) is 6.98. The number of alkyl halides is 2. The summed E-state index contributed by atoms with van der Waals surface area (Å²) in [4.78, 5) is 15.2. The molecule has 1 aromatic rings. The van der Waals surface area contributed by atoms with Crippen molar-refractivity contribution >= 4 is 11.8 Å². The van der Waals surface area contributed by atoms with E-state index in [9.17, 15) is 13.6 Å². The Labute approximate surface area is 109 Å². The summed E-state index contributed by atoms with van der Waals surface area (Å²) in [5.74, 6) is -0.855. The molecule has 0 fully saturated rings. The predicted octanol–water partition coefficient (Wildman–Crippen LogP) is 2.09. The molecule has 0 saturated carbocycles. The topological polar surface area (TPSA) is 71.5 Å². The van der Waals surface area contributed by atoms with Crippen molar-refractivity contribution < 1.29 is 23.4 Å². The van der Waals surface area contributed by atoms with Crippen molar-refractivity contribution in [3.63, 3.8) is 0 Å². The van der Waals surface area contributed by atoms with Crippen molar-refractivity contribution in [3.8, 4) is 0 Å². The Morgan fingerprint density at radius 3 is 2.79 bits per heavy atom. The van der Waals surface area contributed by atoms with Gasteiger partial charge in [-0.3, -0.25) is 0 Å². The maximum Gasteiger partial charge on any atom is 0.339 e. The van der Waals surface area contributed by atoms with Crippen molar-refractivity contribution in [1.82, 2.24) is 4.98 Å². The van der Waals surface area contributed by atoms with Gasteiger partial charge < -0.3 is 15.2 Å². The number of hydrogen-bond donors (Lipinski definition) is 2. The van der Waals surface area contributed by atoms with E-state index in [1.54, 1.807) is 19.9 Å². The van der Waals surface area contributed by atoms with Crippen LogP contribution in [-0.4, -0.2) is 42.2 Å². The van der Waals surface area contributed by atoms with Crippen LogP contribution in [0.5, 0.6) is 0 Å². The lowest BCUT2D eigenvalue weighted by Crippen LogP contribution is -2.16. The second-order valence-electron chi connectivity index (χ2n) is 4.00.